The van der Waals surface area contributed by atoms with Gasteiger partial charge in [-0.2, -0.15) is 13.2 Å². The van der Waals surface area contributed by atoms with Gasteiger partial charge in [0.1, 0.15) is 12.1 Å². The van der Waals surface area contributed by atoms with Gasteiger partial charge >= 0.3 is 6.18 Å². The van der Waals surface area contributed by atoms with Crippen molar-refractivity contribution >= 4 is 11.0 Å². The maximum Gasteiger partial charge on any atom is 0.394 e. The van der Waals surface area contributed by atoms with Crippen molar-refractivity contribution in [3.8, 4) is 11.5 Å². The number of aromatic nitrogens is 5. The molecule has 0 N–H and O–H groups in total. The molecule has 1 saturated heterocycles. The minimum absolute atomic E-state index is 0.0326. The summed E-state index contributed by atoms with van der Waals surface area (Å²) in [5, 5.41) is 0.650. The SMILES string of the molecule is Cc1coc(-c2cc3c(C45CC(C(F)(F)F)(C4)C5)nc([C@H]4CCO[C@@H](c5ccc(=O)n(C)c5)C4)nc3nc2C)n1. The van der Waals surface area contributed by atoms with Gasteiger partial charge in [-0.1, -0.05) is 0 Å². The standard InChI is InChI=1S/C29H28F3N5O3/c1-15-11-40-26(33-15)19-9-20-23(27-12-28(13-27,14-27)29(30,31)32)35-24(36-25(20)34-16(19)2)17-6-7-39-21(8-17)18-4-5-22(38)37(3)10-18/h4-5,9-11,17,21H,6-8,12-14H2,1-3H3/t17-,21+,27?,28?/m0/s1. The lowest BCUT2D eigenvalue weighted by atomic mass is 9.33. The molecule has 40 heavy (non-hydrogen) atoms. The molecule has 3 saturated carbocycles. The molecule has 2 atom stereocenters. The molecule has 8 nitrogen and oxygen atoms in total. The van der Waals surface area contributed by atoms with E-state index in [4.69, 9.17) is 24.1 Å². The summed E-state index contributed by atoms with van der Waals surface area (Å²) in [5.41, 5.74) is 1.71. The normalized spacial score (nSPS) is 27.9. The molecule has 0 amide bonds. The number of ether oxygens (including phenoxy) is 1. The van der Waals surface area contributed by atoms with Crippen LogP contribution in [0.5, 0.6) is 0 Å². The highest BCUT2D eigenvalue weighted by molar-refractivity contribution is 5.84. The van der Waals surface area contributed by atoms with Crippen LogP contribution in [0.4, 0.5) is 13.2 Å². The van der Waals surface area contributed by atoms with Crippen molar-refractivity contribution < 1.29 is 22.3 Å². The van der Waals surface area contributed by atoms with Crippen molar-refractivity contribution in [2.24, 2.45) is 12.5 Å². The van der Waals surface area contributed by atoms with E-state index in [1.165, 1.54) is 10.6 Å². The third-order valence-electron chi connectivity index (χ3n) is 9.01. The Labute approximate surface area is 227 Å². The van der Waals surface area contributed by atoms with Crippen LogP contribution in [0.2, 0.25) is 0 Å². The molecule has 2 bridgehead atoms. The Morgan fingerprint density at radius 3 is 2.52 bits per heavy atom. The molecule has 11 heteroatoms. The summed E-state index contributed by atoms with van der Waals surface area (Å²) in [4.78, 5) is 31.0. The van der Waals surface area contributed by atoms with Crippen LogP contribution < -0.4 is 5.56 Å². The fourth-order valence-electron chi connectivity index (χ4n) is 6.85. The van der Waals surface area contributed by atoms with E-state index in [1.54, 1.807) is 25.6 Å². The summed E-state index contributed by atoms with van der Waals surface area (Å²) in [6.07, 6.45) is 0.230. The van der Waals surface area contributed by atoms with Gasteiger partial charge in [-0.3, -0.25) is 4.79 Å². The zero-order valence-electron chi connectivity index (χ0n) is 22.4. The number of aryl methyl sites for hydroxylation is 3. The Hall–Kier alpha value is -3.60. The predicted molar refractivity (Wildman–Crippen MR) is 139 cm³/mol. The van der Waals surface area contributed by atoms with Crippen molar-refractivity contribution in [3.05, 3.63) is 69.5 Å². The van der Waals surface area contributed by atoms with Crippen molar-refractivity contribution in [1.82, 2.24) is 24.5 Å². The average Bonchev–Trinajstić information content (AvgIpc) is 3.28. The molecule has 0 aromatic carbocycles. The molecule has 4 aliphatic rings. The van der Waals surface area contributed by atoms with Crippen molar-refractivity contribution in [1.29, 1.82) is 0 Å². The number of fused-ring (bicyclic) bond motifs is 1. The number of rotatable bonds is 4. The number of oxazole rings is 1. The minimum Gasteiger partial charge on any atom is -0.444 e. The molecule has 0 unspecified atom stereocenters. The molecule has 0 radical (unpaired) electrons. The van der Waals surface area contributed by atoms with Crippen LogP contribution in [-0.2, 0) is 17.2 Å². The van der Waals surface area contributed by atoms with Gasteiger partial charge < -0.3 is 13.7 Å². The van der Waals surface area contributed by atoms with Gasteiger partial charge in [0.25, 0.3) is 0 Å². The van der Waals surface area contributed by atoms with Gasteiger partial charge in [-0.05, 0) is 63.6 Å². The second-order valence-corrected chi connectivity index (χ2v) is 11.8. The number of alkyl halides is 3. The fourth-order valence-corrected chi connectivity index (χ4v) is 6.85. The Kier molecular flexibility index (Phi) is 5.36. The lowest BCUT2D eigenvalue weighted by molar-refractivity contribution is -0.337. The summed E-state index contributed by atoms with van der Waals surface area (Å²) in [5.74, 6) is 0.922. The highest BCUT2D eigenvalue weighted by Crippen LogP contribution is 2.78. The molecule has 4 aromatic heterocycles. The summed E-state index contributed by atoms with van der Waals surface area (Å²) in [6, 6.07) is 5.17. The highest BCUT2D eigenvalue weighted by Gasteiger charge is 2.79. The molecule has 1 aliphatic heterocycles. The van der Waals surface area contributed by atoms with Crippen LogP contribution in [0, 0.1) is 19.3 Å². The largest absolute Gasteiger partial charge is 0.444 e. The number of hydrogen-bond donors (Lipinski definition) is 0. The van der Waals surface area contributed by atoms with Crippen molar-refractivity contribution in [3.63, 3.8) is 0 Å². The Morgan fingerprint density at radius 2 is 1.85 bits per heavy atom. The molecular weight excluding hydrogens is 523 g/mol. The van der Waals surface area contributed by atoms with Gasteiger partial charge in [0.2, 0.25) is 11.4 Å². The lowest BCUT2D eigenvalue weighted by Gasteiger charge is -2.70. The fraction of sp³-hybridized carbons (Fsp3) is 0.483. The number of hydrogen-bond acceptors (Lipinski definition) is 7. The van der Waals surface area contributed by atoms with Crippen LogP contribution in [-0.4, -0.2) is 37.3 Å². The van der Waals surface area contributed by atoms with Crippen molar-refractivity contribution in [2.75, 3.05) is 6.61 Å². The van der Waals surface area contributed by atoms with Gasteiger partial charge in [-0.15, -0.1) is 0 Å². The van der Waals surface area contributed by atoms with Gasteiger partial charge in [0.05, 0.1) is 34.2 Å². The number of nitrogens with zero attached hydrogens (tertiary/aromatic N) is 5. The smallest absolute Gasteiger partial charge is 0.394 e. The summed E-state index contributed by atoms with van der Waals surface area (Å²) in [6.45, 7) is 4.15. The minimum atomic E-state index is -4.22. The molecular formula is C29H28F3N5O3. The van der Waals surface area contributed by atoms with E-state index >= 15 is 0 Å². The quantitative estimate of drug-likeness (QED) is 0.325. The summed E-state index contributed by atoms with van der Waals surface area (Å²) in [7, 11) is 1.70. The van der Waals surface area contributed by atoms with Crippen LogP contribution in [0.1, 0.15) is 72.6 Å². The number of halogens is 3. The van der Waals surface area contributed by atoms with Crippen LogP contribution in [0.3, 0.4) is 0 Å². The molecule has 8 rings (SSSR count). The lowest BCUT2D eigenvalue weighted by Crippen LogP contribution is -2.70. The van der Waals surface area contributed by atoms with Crippen molar-refractivity contribution in [2.45, 2.75) is 69.6 Å². The van der Waals surface area contributed by atoms with E-state index in [9.17, 15) is 18.0 Å². The zero-order chi connectivity index (χ0) is 28.0. The average molecular weight is 552 g/mol. The van der Waals surface area contributed by atoms with Gasteiger partial charge in [-0.25, -0.2) is 19.9 Å². The molecule has 4 fully saturated rings. The van der Waals surface area contributed by atoms with Gasteiger partial charge in [0, 0.05) is 42.6 Å². The molecule has 208 valence electrons. The van der Waals surface area contributed by atoms with Gasteiger partial charge in [0.15, 0.2) is 5.65 Å². The summed E-state index contributed by atoms with van der Waals surface area (Å²) >= 11 is 0. The Morgan fingerprint density at radius 1 is 1.07 bits per heavy atom. The second-order valence-electron chi connectivity index (χ2n) is 11.8. The number of pyridine rings is 2. The second kappa shape index (κ2) is 8.45. The van der Waals surface area contributed by atoms with E-state index in [-0.39, 0.29) is 36.8 Å². The zero-order valence-corrected chi connectivity index (χ0v) is 22.4. The van der Waals surface area contributed by atoms with Crippen LogP contribution in [0.15, 0.2) is 39.9 Å². The topological polar surface area (TPSA) is 95.9 Å². The van der Waals surface area contributed by atoms with E-state index in [1.807, 2.05) is 19.9 Å². The van der Waals surface area contributed by atoms with E-state index in [2.05, 4.69) is 4.98 Å². The molecule has 5 heterocycles. The first-order chi connectivity index (χ1) is 19.0. The Bertz CT molecular complexity index is 1710. The first kappa shape index (κ1) is 25.4. The first-order valence-electron chi connectivity index (χ1n) is 13.4. The predicted octanol–water partition coefficient (Wildman–Crippen LogP) is 5.61. The van der Waals surface area contributed by atoms with Crippen LogP contribution >= 0.6 is 0 Å². The molecule has 3 aliphatic carbocycles. The first-order valence-corrected chi connectivity index (χ1v) is 13.4. The van der Waals surface area contributed by atoms with Crippen LogP contribution in [0.25, 0.3) is 22.5 Å². The monoisotopic (exact) mass is 551 g/mol. The maximum atomic E-state index is 13.8. The summed E-state index contributed by atoms with van der Waals surface area (Å²) < 4.78 is 54.6. The maximum absolute atomic E-state index is 13.8. The molecule has 0 spiro atoms. The molecule has 4 aromatic rings. The Balaban J connectivity index is 1.31. The van der Waals surface area contributed by atoms with E-state index in [0.29, 0.717) is 59.1 Å². The third kappa shape index (κ3) is 3.73. The van der Waals surface area contributed by atoms with E-state index < -0.39 is 17.0 Å². The van der Waals surface area contributed by atoms with E-state index in [0.717, 1.165) is 11.3 Å². The third-order valence-corrected chi connectivity index (χ3v) is 9.01. The highest BCUT2D eigenvalue weighted by atomic mass is 19.4.